The third-order valence-corrected chi connectivity index (χ3v) is 5.58. The zero-order valence-electron chi connectivity index (χ0n) is 15.8. The molecule has 0 fully saturated rings. The number of sulfonamides is 1. The van der Waals surface area contributed by atoms with Gasteiger partial charge in [0.15, 0.2) is 0 Å². The zero-order chi connectivity index (χ0) is 20.0. The number of hydrogen-bond donors (Lipinski definition) is 1. The molecule has 0 aliphatic carbocycles. The Hall–Kier alpha value is -3.12. The smallest absolute Gasteiger partial charge is 0.276 e. The van der Waals surface area contributed by atoms with Gasteiger partial charge in [-0.15, -0.1) is 0 Å². The number of hydrazone groups is 1. The molecule has 3 aromatic rings. The molecule has 5 nitrogen and oxygen atoms in total. The third-order valence-electron chi connectivity index (χ3n) is 4.36. The lowest BCUT2D eigenvalue weighted by molar-refractivity contribution is 0.306. The lowest BCUT2D eigenvalue weighted by Gasteiger charge is -2.09. The summed E-state index contributed by atoms with van der Waals surface area (Å²) in [7, 11) is -3.72. The molecule has 0 aromatic heterocycles. The van der Waals surface area contributed by atoms with E-state index in [0.717, 1.165) is 28.0 Å². The standard InChI is InChI=1S/C22H22N2O3S/c1-17-12-13-22(14-18(17)2)28(25,26)24-23-15-19-8-6-7-9-20(19)16-27-21-10-4-3-5-11-21/h3-15,24H,16H2,1-2H3/b23-15+. The van der Waals surface area contributed by atoms with Gasteiger partial charge in [-0.2, -0.15) is 13.5 Å². The van der Waals surface area contributed by atoms with Crippen LogP contribution in [0.3, 0.4) is 0 Å². The topological polar surface area (TPSA) is 67.8 Å². The summed E-state index contributed by atoms with van der Waals surface area (Å²) in [4.78, 5) is 2.46. The Morgan fingerprint density at radius 3 is 2.39 bits per heavy atom. The minimum Gasteiger partial charge on any atom is -0.489 e. The first-order valence-corrected chi connectivity index (χ1v) is 10.3. The van der Waals surface area contributed by atoms with Gasteiger partial charge in [0.25, 0.3) is 10.0 Å². The van der Waals surface area contributed by atoms with Crippen molar-refractivity contribution in [1.82, 2.24) is 4.83 Å². The van der Waals surface area contributed by atoms with E-state index in [1.54, 1.807) is 18.2 Å². The summed E-state index contributed by atoms with van der Waals surface area (Å²) in [6.07, 6.45) is 1.49. The molecule has 3 aromatic carbocycles. The van der Waals surface area contributed by atoms with E-state index < -0.39 is 10.0 Å². The van der Waals surface area contributed by atoms with E-state index in [2.05, 4.69) is 9.93 Å². The highest BCUT2D eigenvalue weighted by atomic mass is 32.2. The maximum atomic E-state index is 12.4. The summed E-state index contributed by atoms with van der Waals surface area (Å²) >= 11 is 0. The minimum absolute atomic E-state index is 0.188. The van der Waals surface area contributed by atoms with Crippen LogP contribution >= 0.6 is 0 Å². The average Bonchev–Trinajstić information content (AvgIpc) is 2.70. The van der Waals surface area contributed by atoms with Crippen LogP contribution in [0.5, 0.6) is 5.75 Å². The van der Waals surface area contributed by atoms with Gasteiger partial charge in [0.05, 0.1) is 11.1 Å². The van der Waals surface area contributed by atoms with Gasteiger partial charge >= 0.3 is 0 Å². The maximum Gasteiger partial charge on any atom is 0.276 e. The quantitative estimate of drug-likeness (QED) is 0.482. The molecule has 0 amide bonds. The van der Waals surface area contributed by atoms with Crippen LogP contribution in [-0.2, 0) is 16.6 Å². The first kappa shape index (κ1) is 19.6. The Morgan fingerprint density at radius 2 is 1.64 bits per heavy atom. The fourth-order valence-corrected chi connectivity index (χ4v) is 3.44. The van der Waals surface area contributed by atoms with Crippen LogP contribution in [0.1, 0.15) is 22.3 Å². The molecule has 0 aliphatic heterocycles. The molecule has 3 rings (SSSR count). The Kier molecular flexibility index (Phi) is 6.11. The van der Waals surface area contributed by atoms with Crippen molar-refractivity contribution in [3.63, 3.8) is 0 Å². The van der Waals surface area contributed by atoms with Crippen molar-refractivity contribution in [3.05, 3.63) is 95.1 Å². The SMILES string of the molecule is Cc1ccc(S(=O)(=O)N/N=C/c2ccccc2COc2ccccc2)cc1C. The molecule has 0 unspecified atom stereocenters. The summed E-state index contributed by atoms with van der Waals surface area (Å²) < 4.78 is 30.6. The largest absolute Gasteiger partial charge is 0.489 e. The van der Waals surface area contributed by atoms with Crippen molar-refractivity contribution in [2.45, 2.75) is 25.3 Å². The van der Waals surface area contributed by atoms with Crippen molar-refractivity contribution in [1.29, 1.82) is 0 Å². The van der Waals surface area contributed by atoms with Crippen LogP contribution in [-0.4, -0.2) is 14.6 Å². The molecule has 1 N–H and O–H groups in total. The minimum atomic E-state index is -3.72. The van der Waals surface area contributed by atoms with Crippen molar-refractivity contribution in [3.8, 4) is 5.75 Å². The first-order chi connectivity index (χ1) is 13.5. The second-order valence-corrected chi connectivity index (χ2v) is 8.06. The fraction of sp³-hybridized carbons (Fsp3) is 0.136. The summed E-state index contributed by atoms with van der Waals surface area (Å²) in [6, 6.07) is 22.0. The Morgan fingerprint density at radius 1 is 0.929 bits per heavy atom. The average molecular weight is 394 g/mol. The Bertz CT molecular complexity index is 1080. The van der Waals surface area contributed by atoms with Gasteiger partial charge in [-0.25, -0.2) is 4.83 Å². The number of hydrogen-bond acceptors (Lipinski definition) is 4. The normalized spacial score (nSPS) is 11.5. The van der Waals surface area contributed by atoms with Gasteiger partial charge in [0.1, 0.15) is 12.4 Å². The summed E-state index contributed by atoms with van der Waals surface area (Å²) in [5.41, 5.74) is 3.63. The lowest BCUT2D eigenvalue weighted by Crippen LogP contribution is -2.18. The van der Waals surface area contributed by atoms with Crippen LogP contribution in [0.25, 0.3) is 0 Å². The molecule has 0 saturated heterocycles. The summed E-state index contributed by atoms with van der Waals surface area (Å²) in [6.45, 7) is 4.17. The van der Waals surface area contributed by atoms with E-state index in [9.17, 15) is 8.42 Å². The lowest BCUT2D eigenvalue weighted by atomic mass is 10.1. The second kappa shape index (κ2) is 8.71. The molecular formula is C22H22N2O3S. The third kappa shape index (κ3) is 4.98. The van der Waals surface area contributed by atoms with E-state index in [0.29, 0.717) is 6.61 Å². The van der Waals surface area contributed by atoms with Gasteiger partial charge < -0.3 is 4.74 Å². The number of ether oxygens (including phenoxy) is 1. The molecular weight excluding hydrogens is 372 g/mol. The predicted molar refractivity (Wildman–Crippen MR) is 111 cm³/mol. The highest BCUT2D eigenvalue weighted by molar-refractivity contribution is 7.89. The first-order valence-electron chi connectivity index (χ1n) is 8.83. The van der Waals surface area contributed by atoms with Gasteiger partial charge in [-0.1, -0.05) is 48.5 Å². The Labute approximate surface area is 165 Å². The van der Waals surface area contributed by atoms with Gasteiger partial charge in [-0.3, -0.25) is 0 Å². The van der Waals surface area contributed by atoms with E-state index >= 15 is 0 Å². The van der Waals surface area contributed by atoms with Crippen molar-refractivity contribution >= 4 is 16.2 Å². The molecule has 0 bridgehead atoms. The van der Waals surface area contributed by atoms with E-state index in [1.807, 2.05) is 68.4 Å². The maximum absolute atomic E-state index is 12.4. The van der Waals surface area contributed by atoms with Crippen LogP contribution < -0.4 is 9.57 Å². The van der Waals surface area contributed by atoms with E-state index in [4.69, 9.17) is 4.74 Å². The molecule has 0 atom stereocenters. The van der Waals surface area contributed by atoms with Crippen molar-refractivity contribution < 1.29 is 13.2 Å². The van der Waals surface area contributed by atoms with Gasteiger partial charge in [-0.05, 0) is 54.8 Å². The molecule has 0 radical (unpaired) electrons. The van der Waals surface area contributed by atoms with Gasteiger partial charge in [0.2, 0.25) is 0 Å². The van der Waals surface area contributed by atoms with Gasteiger partial charge in [0, 0.05) is 5.56 Å². The fourth-order valence-electron chi connectivity index (χ4n) is 2.57. The van der Waals surface area contributed by atoms with Crippen LogP contribution in [0.4, 0.5) is 0 Å². The molecule has 0 heterocycles. The molecule has 0 spiro atoms. The molecule has 0 saturated carbocycles. The molecule has 28 heavy (non-hydrogen) atoms. The van der Waals surface area contributed by atoms with E-state index in [1.165, 1.54) is 6.21 Å². The highest BCUT2D eigenvalue weighted by Gasteiger charge is 2.13. The van der Waals surface area contributed by atoms with Crippen LogP contribution in [0.15, 0.2) is 82.8 Å². The highest BCUT2D eigenvalue weighted by Crippen LogP contribution is 2.15. The van der Waals surface area contributed by atoms with Crippen LogP contribution in [0.2, 0.25) is 0 Å². The Balaban J connectivity index is 1.71. The second-order valence-electron chi connectivity index (χ2n) is 6.40. The number of aryl methyl sites for hydroxylation is 2. The molecule has 144 valence electrons. The number of nitrogens with one attached hydrogen (secondary N) is 1. The number of benzene rings is 3. The van der Waals surface area contributed by atoms with Crippen molar-refractivity contribution in [2.75, 3.05) is 0 Å². The van der Waals surface area contributed by atoms with Crippen molar-refractivity contribution in [2.24, 2.45) is 5.10 Å². The summed E-state index contributed by atoms with van der Waals surface area (Å²) in [5, 5.41) is 3.94. The molecule has 0 aliphatic rings. The molecule has 6 heteroatoms. The summed E-state index contributed by atoms with van der Waals surface area (Å²) in [5.74, 6) is 0.768. The number of nitrogens with zero attached hydrogens (tertiary/aromatic N) is 1. The zero-order valence-corrected chi connectivity index (χ0v) is 16.6. The number of para-hydroxylation sites is 1. The number of rotatable bonds is 7. The van der Waals surface area contributed by atoms with Crippen LogP contribution in [0, 0.1) is 13.8 Å². The monoisotopic (exact) mass is 394 g/mol. The predicted octanol–water partition coefficient (Wildman–Crippen LogP) is 4.19. The van der Waals surface area contributed by atoms with E-state index in [-0.39, 0.29) is 4.90 Å².